The van der Waals surface area contributed by atoms with Crippen LogP contribution in [0.15, 0.2) is 12.1 Å². The SMILES string of the molecule is OCc1cc(F)cc(C(O)(C(F)(F)F)C(F)(F)F)c1I. The Kier molecular flexibility index (Phi) is 4.62. The van der Waals surface area contributed by atoms with Crippen LogP contribution in [0.3, 0.4) is 0 Å². The van der Waals surface area contributed by atoms with Crippen molar-refractivity contribution in [1.29, 1.82) is 0 Å². The predicted octanol–water partition coefficient (Wildman–Crippen LogP) is 3.23. The van der Waals surface area contributed by atoms with Crippen molar-refractivity contribution in [3.8, 4) is 0 Å². The van der Waals surface area contributed by atoms with Crippen LogP contribution in [-0.4, -0.2) is 22.6 Å². The number of hydrogen-bond acceptors (Lipinski definition) is 2. The molecule has 10 heteroatoms. The summed E-state index contributed by atoms with van der Waals surface area (Å²) in [6, 6.07) is 0.528. The summed E-state index contributed by atoms with van der Waals surface area (Å²) < 4.78 is 88.5. The first-order valence-corrected chi connectivity index (χ1v) is 5.89. The molecule has 0 aliphatic carbocycles. The number of benzene rings is 1. The van der Waals surface area contributed by atoms with Gasteiger partial charge in [0.05, 0.1) is 6.61 Å². The van der Waals surface area contributed by atoms with Gasteiger partial charge in [-0.05, 0) is 40.3 Å². The fourth-order valence-corrected chi connectivity index (χ4v) is 2.36. The number of halogens is 8. The molecule has 0 radical (unpaired) electrons. The van der Waals surface area contributed by atoms with Crippen LogP contribution in [0.25, 0.3) is 0 Å². The monoisotopic (exact) mass is 418 g/mol. The van der Waals surface area contributed by atoms with Gasteiger partial charge >= 0.3 is 12.4 Å². The van der Waals surface area contributed by atoms with Crippen LogP contribution in [0.2, 0.25) is 0 Å². The lowest BCUT2D eigenvalue weighted by atomic mass is 9.91. The molecule has 1 rings (SSSR count). The zero-order valence-electron chi connectivity index (χ0n) is 9.28. The van der Waals surface area contributed by atoms with Crippen molar-refractivity contribution in [3.05, 3.63) is 32.6 Å². The quantitative estimate of drug-likeness (QED) is 0.572. The second kappa shape index (κ2) is 5.30. The molecule has 20 heavy (non-hydrogen) atoms. The van der Waals surface area contributed by atoms with E-state index in [1.165, 1.54) is 0 Å². The van der Waals surface area contributed by atoms with Gasteiger partial charge in [-0.25, -0.2) is 4.39 Å². The molecule has 0 fully saturated rings. The molecular formula is C10H6F7IO2. The molecule has 0 bridgehead atoms. The van der Waals surface area contributed by atoms with Gasteiger partial charge in [0, 0.05) is 9.13 Å². The number of aliphatic hydroxyl groups excluding tert-OH is 1. The summed E-state index contributed by atoms with van der Waals surface area (Å²) >= 11 is 1.08. The van der Waals surface area contributed by atoms with Gasteiger partial charge in [0.1, 0.15) is 5.82 Å². The minimum atomic E-state index is -6.11. The normalized spacial score (nSPS) is 13.7. The van der Waals surface area contributed by atoms with E-state index in [1.807, 2.05) is 0 Å². The van der Waals surface area contributed by atoms with Crippen LogP contribution in [0.5, 0.6) is 0 Å². The van der Waals surface area contributed by atoms with Gasteiger partial charge in [-0.15, -0.1) is 0 Å². The fourth-order valence-electron chi connectivity index (χ4n) is 1.49. The average Bonchev–Trinajstić information content (AvgIpc) is 2.27. The largest absolute Gasteiger partial charge is 0.430 e. The third-order valence-corrected chi connectivity index (χ3v) is 3.77. The molecule has 2 N–H and O–H groups in total. The van der Waals surface area contributed by atoms with Crippen molar-refractivity contribution >= 4 is 22.6 Å². The Morgan fingerprint density at radius 2 is 1.45 bits per heavy atom. The average molecular weight is 418 g/mol. The van der Waals surface area contributed by atoms with Crippen LogP contribution >= 0.6 is 22.6 Å². The molecule has 1 aromatic carbocycles. The Bertz CT molecular complexity index is 496. The Balaban J connectivity index is 3.73. The van der Waals surface area contributed by atoms with Crippen molar-refractivity contribution in [2.24, 2.45) is 0 Å². The van der Waals surface area contributed by atoms with Gasteiger partial charge in [0.2, 0.25) is 0 Å². The standard InChI is InChI=1S/C10H6F7IO2/c11-5-1-4(3-19)7(18)6(2-5)8(20,9(12,13)14)10(15,16)17/h1-2,19-20H,3H2. The maximum Gasteiger partial charge on any atom is 0.430 e. The van der Waals surface area contributed by atoms with Crippen molar-refractivity contribution in [2.45, 2.75) is 24.6 Å². The van der Waals surface area contributed by atoms with E-state index in [0.717, 1.165) is 22.6 Å². The smallest absolute Gasteiger partial charge is 0.392 e. The van der Waals surface area contributed by atoms with Crippen molar-refractivity contribution in [2.75, 3.05) is 0 Å². The number of hydrogen-bond donors (Lipinski definition) is 2. The summed E-state index contributed by atoms with van der Waals surface area (Å²) in [5.74, 6) is -1.43. The minimum Gasteiger partial charge on any atom is -0.392 e. The van der Waals surface area contributed by atoms with Crippen LogP contribution < -0.4 is 0 Å². The topological polar surface area (TPSA) is 40.5 Å². The van der Waals surface area contributed by atoms with E-state index in [2.05, 4.69) is 0 Å². The second-order valence-corrected chi connectivity index (χ2v) is 4.87. The Morgan fingerprint density at radius 3 is 1.80 bits per heavy atom. The highest BCUT2D eigenvalue weighted by atomic mass is 127. The zero-order chi connectivity index (χ0) is 15.9. The van der Waals surface area contributed by atoms with E-state index in [-0.39, 0.29) is 6.07 Å². The first kappa shape index (κ1) is 17.4. The van der Waals surface area contributed by atoms with Gasteiger partial charge < -0.3 is 10.2 Å². The molecule has 2 nitrogen and oxygen atoms in total. The zero-order valence-corrected chi connectivity index (χ0v) is 11.4. The first-order valence-electron chi connectivity index (χ1n) is 4.81. The lowest BCUT2D eigenvalue weighted by molar-refractivity contribution is -0.376. The lowest BCUT2D eigenvalue weighted by Crippen LogP contribution is -2.54. The molecule has 0 atom stereocenters. The van der Waals surface area contributed by atoms with Crippen LogP contribution in [0, 0.1) is 9.39 Å². The molecule has 0 aromatic heterocycles. The molecule has 0 saturated heterocycles. The molecule has 114 valence electrons. The molecular weight excluding hydrogens is 412 g/mol. The third kappa shape index (κ3) is 2.72. The summed E-state index contributed by atoms with van der Waals surface area (Å²) in [4.78, 5) is 0. The van der Waals surface area contributed by atoms with E-state index < -0.39 is 45.1 Å². The first-order chi connectivity index (χ1) is 8.86. The number of alkyl halides is 6. The summed E-state index contributed by atoms with van der Waals surface area (Å²) in [6.07, 6.45) is -12.2. The molecule has 0 aliphatic heterocycles. The van der Waals surface area contributed by atoms with Gasteiger partial charge in [-0.3, -0.25) is 0 Å². The van der Waals surface area contributed by atoms with Gasteiger partial charge in [-0.1, -0.05) is 0 Å². The molecule has 0 aliphatic rings. The number of rotatable bonds is 2. The van der Waals surface area contributed by atoms with Crippen LogP contribution in [0.4, 0.5) is 30.7 Å². The summed E-state index contributed by atoms with van der Waals surface area (Å²) in [7, 11) is 0. The van der Waals surface area contributed by atoms with E-state index in [1.54, 1.807) is 0 Å². The molecule has 0 spiro atoms. The maximum absolute atomic E-state index is 13.1. The molecule has 0 amide bonds. The van der Waals surface area contributed by atoms with E-state index in [9.17, 15) is 35.8 Å². The summed E-state index contributed by atoms with van der Waals surface area (Å²) in [6.45, 7) is -0.977. The van der Waals surface area contributed by atoms with Crippen LogP contribution in [0.1, 0.15) is 11.1 Å². The van der Waals surface area contributed by atoms with Gasteiger partial charge in [-0.2, -0.15) is 26.3 Å². The molecule has 0 saturated carbocycles. The lowest BCUT2D eigenvalue weighted by Gasteiger charge is -2.33. The summed E-state index contributed by atoms with van der Waals surface area (Å²) in [5.41, 5.74) is -7.42. The molecule has 1 aromatic rings. The molecule has 0 heterocycles. The van der Waals surface area contributed by atoms with Gasteiger partial charge in [0.15, 0.2) is 0 Å². The number of aliphatic hydroxyl groups is 2. The maximum atomic E-state index is 13.1. The fraction of sp³-hybridized carbons (Fsp3) is 0.400. The van der Waals surface area contributed by atoms with Gasteiger partial charge in [0.25, 0.3) is 5.60 Å². The Labute approximate surface area is 121 Å². The van der Waals surface area contributed by atoms with E-state index in [4.69, 9.17) is 5.11 Å². The Hall–Kier alpha value is -0.620. The Morgan fingerprint density at radius 1 is 1.00 bits per heavy atom. The van der Waals surface area contributed by atoms with Crippen molar-refractivity contribution < 1.29 is 40.9 Å². The highest BCUT2D eigenvalue weighted by Crippen LogP contribution is 2.51. The molecule has 0 unspecified atom stereocenters. The van der Waals surface area contributed by atoms with E-state index >= 15 is 0 Å². The summed E-state index contributed by atoms with van der Waals surface area (Å²) in [5, 5.41) is 18.0. The minimum absolute atomic E-state index is 0.0537. The van der Waals surface area contributed by atoms with Crippen LogP contribution in [-0.2, 0) is 12.2 Å². The third-order valence-electron chi connectivity index (χ3n) is 2.49. The van der Waals surface area contributed by atoms with Crippen molar-refractivity contribution in [3.63, 3.8) is 0 Å². The second-order valence-electron chi connectivity index (χ2n) is 3.79. The van der Waals surface area contributed by atoms with E-state index in [0.29, 0.717) is 6.07 Å². The highest BCUT2D eigenvalue weighted by molar-refractivity contribution is 14.1. The van der Waals surface area contributed by atoms with Crippen molar-refractivity contribution in [1.82, 2.24) is 0 Å². The highest BCUT2D eigenvalue weighted by Gasteiger charge is 2.72. The predicted molar refractivity (Wildman–Crippen MR) is 61.0 cm³/mol.